The third-order valence-corrected chi connectivity index (χ3v) is 3.21. The van der Waals surface area contributed by atoms with Gasteiger partial charge in [-0.05, 0) is 6.42 Å². The third-order valence-electron chi connectivity index (χ3n) is 1.65. The molecule has 0 bridgehead atoms. The molecule has 0 rings (SSSR count). The van der Waals surface area contributed by atoms with Crippen molar-refractivity contribution < 1.29 is 13.2 Å². The van der Waals surface area contributed by atoms with Gasteiger partial charge in [-0.1, -0.05) is 6.92 Å². The Morgan fingerprint density at radius 2 is 2.20 bits per heavy atom. The zero-order valence-corrected chi connectivity index (χ0v) is 9.88. The molecule has 0 atom stereocenters. The Kier molecular flexibility index (Phi) is 7.25. The molecule has 0 saturated carbocycles. The molecule has 1 N–H and O–H groups in total. The molecule has 0 aliphatic heterocycles. The minimum Gasteiger partial charge on any atom is -0.383 e. The first-order chi connectivity index (χ1) is 7.08. The summed E-state index contributed by atoms with van der Waals surface area (Å²) in [6, 6.07) is 1.82. The normalized spacial score (nSPS) is 11.6. The van der Waals surface area contributed by atoms with Crippen LogP contribution < -0.4 is 4.72 Å². The molecule has 0 aliphatic carbocycles. The first-order valence-electron chi connectivity index (χ1n) is 4.69. The molecule has 0 amide bonds. The summed E-state index contributed by atoms with van der Waals surface area (Å²) >= 11 is 0. The van der Waals surface area contributed by atoms with Crippen LogP contribution in [0.4, 0.5) is 0 Å². The maximum absolute atomic E-state index is 11.6. The van der Waals surface area contributed by atoms with E-state index in [1.54, 1.807) is 0 Å². The predicted molar refractivity (Wildman–Crippen MR) is 56.3 cm³/mol. The van der Waals surface area contributed by atoms with Crippen molar-refractivity contribution in [3.63, 3.8) is 0 Å². The number of hydrogen-bond acceptors (Lipinski definition) is 4. The first-order valence-corrected chi connectivity index (χ1v) is 6.13. The number of nitriles is 1. The minimum absolute atomic E-state index is 0.129. The summed E-state index contributed by atoms with van der Waals surface area (Å²) in [5.74, 6) is 0. The fraction of sp³-hybridized carbons (Fsp3) is 0.875. The average molecular weight is 235 g/mol. The van der Waals surface area contributed by atoms with Crippen LogP contribution >= 0.6 is 0 Å². The first kappa shape index (κ1) is 14.3. The molecule has 0 aromatic carbocycles. The third kappa shape index (κ3) is 5.69. The van der Waals surface area contributed by atoms with E-state index in [1.165, 1.54) is 7.11 Å². The van der Waals surface area contributed by atoms with Crippen LogP contribution in [0.15, 0.2) is 0 Å². The smallest absolute Gasteiger partial charge is 0.280 e. The maximum atomic E-state index is 11.6. The Bertz CT molecular complexity index is 297. The summed E-state index contributed by atoms with van der Waals surface area (Å²) in [6.45, 7) is 2.59. The van der Waals surface area contributed by atoms with Crippen LogP contribution in [0.1, 0.15) is 13.3 Å². The van der Waals surface area contributed by atoms with Crippen molar-refractivity contribution in [3.8, 4) is 6.07 Å². The summed E-state index contributed by atoms with van der Waals surface area (Å²) in [5, 5.41) is 8.49. The monoisotopic (exact) mass is 235 g/mol. The molecular weight excluding hydrogens is 218 g/mol. The molecule has 0 radical (unpaired) electrons. The largest absolute Gasteiger partial charge is 0.383 e. The van der Waals surface area contributed by atoms with Gasteiger partial charge in [0.15, 0.2) is 0 Å². The second kappa shape index (κ2) is 7.59. The number of nitrogens with one attached hydrogen (secondary N) is 1. The Morgan fingerprint density at radius 3 is 2.67 bits per heavy atom. The van der Waals surface area contributed by atoms with Crippen LogP contribution in [-0.2, 0) is 14.9 Å². The summed E-state index contributed by atoms with van der Waals surface area (Å²) in [5.41, 5.74) is 0. The molecular formula is C8H17N3O3S. The minimum atomic E-state index is -3.54. The Labute approximate surface area is 91.0 Å². The molecule has 0 saturated heterocycles. The number of rotatable bonds is 8. The van der Waals surface area contributed by atoms with Crippen LogP contribution in [0.3, 0.4) is 0 Å². The van der Waals surface area contributed by atoms with Crippen molar-refractivity contribution in [1.29, 1.82) is 5.26 Å². The van der Waals surface area contributed by atoms with E-state index in [9.17, 15) is 8.42 Å². The maximum Gasteiger partial charge on any atom is 0.280 e. The van der Waals surface area contributed by atoms with E-state index in [0.29, 0.717) is 19.6 Å². The second-order valence-corrected chi connectivity index (χ2v) is 4.64. The molecule has 0 aromatic heterocycles. The molecule has 7 heteroatoms. The molecule has 0 aromatic rings. The van der Waals surface area contributed by atoms with Gasteiger partial charge in [-0.15, -0.1) is 0 Å². The number of hydrogen-bond donors (Lipinski definition) is 1. The molecule has 0 heterocycles. The summed E-state index contributed by atoms with van der Waals surface area (Å²) < 4.78 is 31.4. The highest BCUT2D eigenvalue weighted by atomic mass is 32.2. The van der Waals surface area contributed by atoms with Crippen LogP contribution in [0.2, 0.25) is 0 Å². The molecule has 88 valence electrons. The average Bonchev–Trinajstić information content (AvgIpc) is 2.18. The van der Waals surface area contributed by atoms with E-state index in [1.807, 2.05) is 13.0 Å². The van der Waals surface area contributed by atoms with Gasteiger partial charge >= 0.3 is 0 Å². The van der Waals surface area contributed by atoms with Gasteiger partial charge in [-0.2, -0.15) is 22.7 Å². The molecule has 0 aliphatic rings. The van der Waals surface area contributed by atoms with E-state index < -0.39 is 10.2 Å². The lowest BCUT2D eigenvalue weighted by Gasteiger charge is -2.18. The number of ether oxygens (including phenoxy) is 1. The highest BCUT2D eigenvalue weighted by molar-refractivity contribution is 7.87. The Balaban J connectivity index is 4.30. The van der Waals surface area contributed by atoms with E-state index in [2.05, 4.69) is 4.72 Å². The SMILES string of the molecule is CCCN(CC#N)S(=O)(=O)NCCOC. The van der Waals surface area contributed by atoms with Crippen LogP contribution in [0.5, 0.6) is 0 Å². The van der Waals surface area contributed by atoms with E-state index in [-0.39, 0.29) is 13.1 Å². The van der Waals surface area contributed by atoms with Crippen LogP contribution in [0, 0.1) is 11.3 Å². The lowest BCUT2D eigenvalue weighted by atomic mass is 10.5. The lowest BCUT2D eigenvalue weighted by Crippen LogP contribution is -2.42. The fourth-order valence-electron chi connectivity index (χ4n) is 0.976. The summed E-state index contributed by atoms with van der Waals surface area (Å²) in [4.78, 5) is 0. The van der Waals surface area contributed by atoms with Crippen LogP contribution in [0.25, 0.3) is 0 Å². The van der Waals surface area contributed by atoms with Gasteiger partial charge in [0.25, 0.3) is 10.2 Å². The van der Waals surface area contributed by atoms with E-state index in [0.717, 1.165) is 4.31 Å². The Hall–Kier alpha value is -0.680. The predicted octanol–water partition coefficient (Wildman–Crippen LogP) is -0.297. The van der Waals surface area contributed by atoms with Gasteiger partial charge in [0.1, 0.15) is 6.54 Å². The topological polar surface area (TPSA) is 82.4 Å². The lowest BCUT2D eigenvalue weighted by molar-refractivity contribution is 0.204. The molecule has 0 fully saturated rings. The van der Waals surface area contributed by atoms with E-state index >= 15 is 0 Å². The summed E-state index contributed by atoms with van der Waals surface area (Å²) in [6.07, 6.45) is 0.673. The molecule has 15 heavy (non-hydrogen) atoms. The molecule has 0 unspecified atom stereocenters. The van der Waals surface area contributed by atoms with E-state index in [4.69, 9.17) is 10.00 Å². The Morgan fingerprint density at radius 1 is 1.53 bits per heavy atom. The van der Waals surface area contributed by atoms with Crippen molar-refractivity contribution in [2.45, 2.75) is 13.3 Å². The van der Waals surface area contributed by atoms with Crippen molar-refractivity contribution >= 4 is 10.2 Å². The van der Waals surface area contributed by atoms with Gasteiger partial charge in [0.2, 0.25) is 0 Å². The zero-order valence-electron chi connectivity index (χ0n) is 9.06. The van der Waals surface area contributed by atoms with Crippen LogP contribution in [-0.4, -0.2) is 46.1 Å². The van der Waals surface area contributed by atoms with Gasteiger partial charge < -0.3 is 4.74 Å². The second-order valence-electron chi connectivity index (χ2n) is 2.88. The molecule has 0 spiro atoms. The highest BCUT2D eigenvalue weighted by Gasteiger charge is 2.19. The van der Waals surface area contributed by atoms with Crippen molar-refractivity contribution in [1.82, 2.24) is 9.03 Å². The van der Waals surface area contributed by atoms with Gasteiger partial charge in [0, 0.05) is 20.2 Å². The van der Waals surface area contributed by atoms with Gasteiger partial charge in [-0.25, -0.2) is 0 Å². The van der Waals surface area contributed by atoms with Gasteiger partial charge in [0.05, 0.1) is 12.7 Å². The molecule has 6 nitrogen and oxygen atoms in total. The van der Waals surface area contributed by atoms with Crippen molar-refractivity contribution in [2.75, 3.05) is 33.4 Å². The van der Waals surface area contributed by atoms with Crippen molar-refractivity contribution in [3.05, 3.63) is 0 Å². The standard InChI is InChI=1S/C8H17N3O3S/c1-3-6-11(7-4-9)15(12,13)10-5-8-14-2/h10H,3,5-8H2,1-2H3. The van der Waals surface area contributed by atoms with Crippen molar-refractivity contribution in [2.24, 2.45) is 0 Å². The fourth-order valence-corrected chi connectivity index (χ4v) is 2.15. The van der Waals surface area contributed by atoms with Gasteiger partial charge in [-0.3, -0.25) is 0 Å². The number of nitrogens with zero attached hydrogens (tertiary/aromatic N) is 2. The zero-order chi connectivity index (χ0) is 11.7. The quantitative estimate of drug-likeness (QED) is 0.462. The summed E-state index contributed by atoms with van der Waals surface area (Å²) in [7, 11) is -2.04. The highest BCUT2D eigenvalue weighted by Crippen LogP contribution is 1.98. The number of methoxy groups -OCH3 is 1.